The van der Waals surface area contributed by atoms with Gasteiger partial charge in [-0.25, -0.2) is 8.42 Å². The molecule has 5 heteroatoms. The molecular weight excluding hydrogens is 306 g/mol. The molecule has 0 aliphatic heterocycles. The maximum Gasteiger partial charge on any atom is 0.182 e. The zero-order valence-electron chi connectivity index (χ0n) is 11.3. The minimum atomic E-state index is -3.35. The van der Waals surface area contributed by atoms with E-state index >= 15 is 0 Å². The fraction of sp³-hybridized carbons (Fsp3) is 0.250. The van der Waals surface area contributed by atoms with Crippen LogP contribution < -0.4 is 5.73 Å². The van der Waals surface area contributed by atoms with E-state index in [0.717, 1.165) is 5.56 Å². The monoisotopic (exact) mass is 321 g/mol. The van der Waals surface area contributed by atoms with E-state index in [-0.39, 0.29) is 11.8 Å². The molecule has 110 valence electrons. The highest BCUT2D eigenvalue weighted by Crippen LogP contribution is 2.53. The average Bonchev–Trinajstić information content (AvgIpc) is 3.24. The molecule has 0 aromatic heterocycles. The lowest BCUT2D eigenvalue weighted by molar-refractivity contribution is 0.591. The first-order valence-corrected chi connectivity index (χ1v) is 8.72. The third-order valence-corrected chi connectivity index (χ3v) is 6.59. The van der Waals surface area contributed by atoms with Gasteiger partial charge in [-0.3, -0.25) is 0 Å². The third kappa shape index (κ3) is 2.59. The van der Waals surface area contributed by atoms with E-state index in [9.17, 15) is 8.42 Å². The van der Waals surface area contributed by atoms with Gasteiger partial charge in [0.05, 0.1) is 10.1 Å². The fourth-order valence-corrected chi connectivity index (χ4v) is 5.31. The zero-order chi connectivity index (χ0) is 15.0. The summed E-state index contributed by atoms with van der Waals surface area (Å²) in [5.41, 5.74) is 6.75. The van der Waals surface area contributed by atoms with Crippen LogP contribution in [0.4, 0.5) is 0 Å². The number of rotatable bonds is 4. The van der Waals surface area contributed by atoms with Gasteiger partial charge in [0.1, 0.15) is 0 Å². The minimum absolute atomic E-state index is 0.0311. The second kappa shape index (κ2) is 5.44. The summed E-state index contributed by atoms with van der Waals surface area (Å²) in [5, 5.41) is 0.206. The van der Waals surface area contributed by atoms with Crippen LogP contribution in [0.2, 0.25) is 5.02 Å². The number of hydrogen-bond acceptors (Lipinski definition) is 3. The lowest BCUT2D eigenvalue weighted by atomic mass is 10.1. The van der Waals surface area contributed by atoms with Crippen LogP contribution in [-0.2, 0) is 9.84 Å². The Morgan fingerprint density at radius 3 is 2.19 bits per heavy atom. The first kappa shape index (κ1) is 14.6. The molecule has 0 spiro atoms. The standard InChI is InChI=1S/C16H16ClNO2S/c17-12-8-6-11(7-9-12)15-14(10-18)16(15)21(19,20)13-4-2-1-3-5-13/h1-9,14-16H,10,18H2/t14-,15-,16-/m1/s1. The molecule has 0 radical (unpaired) electrons. The van der Waals surface area contributed by atoms with E-state index in [1.165, 1.54) is 0 Å². The highest BCUT2D eigenvalue weighted by atomic mass is 35.5. The van der Waals surface area contributed by atoms with E-state index in [4.69, 9.17) is 17.3 Å². The third-order valence-electron chi connectivity index (χ3n) is 4.05. The van der Waals surface area contributed by atoms with Crippen LogP contribution in [-0.4, -0.2) is 20.2 Å². The largest absolute Gasteiger partial charge is 0.330 e. The van der Waals surface area contributed by atoms with Crippen molar-refractivity contribution in [2.45, 2.75) is 16.1 Å². The molecule has 0 heterocycles. The topological polar surface area (TPSA) is 60.2 Å². The van der Waals surface area contributed by atoms with Crippen molar-refractivity contribution >= 4 is 21.4 Å². The van der Waals surface area contributed by atoms with Crippen molar-refractivity contribution in [2.24, 2.45) is 11.7 Å². The Hall–Kier alpha value is -1.36. The van der Waals surface area contributed by atoms with Gasteiger partial charge in [0.15, 0.2) is 9.84 Å². The summed E-state index contributed by atoms with van der Waals surface area (Å²) in [6.45, 7) is 0.365. The van der Waals surface area contributed by atoms with Crippen LogP contribution in [0.15, 0.2) is 59.5 Å². The molecule has 2 aromatic rings. The summed E-state index contributed by atoms with van der Waals surface area (Å²) in [7, 11) is -3.35. The van der Waals surface area contributed by atoms with Gasteiger partial charge in [-0.05, 0) is 42.3 Å². The van der Waals surface area contributed by atoms with Crippen molar-refractivity contribution in [2.75, 3.05) is 6.54 Å². The molecule has 3 rings (SSSR count). The Kier molecular flexibility index (Phi) is 3.78. The van der Waals surface area contributed by atoms with Gasteiger partial charge >= 0.3 is 0 Å². The first-order valence-electron chi connectivity index (χ1n) is 6.80. The molecule has 1 fully saturated rings. The predicted molar refractivity (Wildman–Crippen MR) is 84.2 cm³/mol. The molecule has 2 aromatic carbocycles. The van der Waals surface area contributed by atoms with Gasteiger partial charge in [-0.1, -0.05) is 41.9 Å². The number of nitrogens with two attached hydrogens (primary N) is 1. The number of hydrogen-bond donors (Lipinski definition) is 1. The van der Waals surface area contributed by atoms with Crippen LogP contribution in [0.5, 0.6) is 0 Å². The van der Waals surface area contributed by atoms with Crippen LogP contribution in [0, 0.1) is 5.92 Å². The molecule has 2 N–H and O–H groups in total. The minimum Gasteiger partial charge on any atom is -0.330 e. The zero-order valence-corrected chi connectivity index (χ0v) is 12.9. The summed E-state index contributed by atoms with van der Waals surface area (Å²) in [5.74, 6) is -0.0751. The molecule has 0 amide bonds. The van der Waals surface area contributed by atoms with Gasteiger partial charge in [0, 0.05) is 10.9 Å². The summed E-state index contributed by atoms with van der Waals surface area (Å²) in [6, 6.07) is 15.9. The highest BCUT2D eigenvalue weighted by Gasteiger charge is 2.57. The van der Waals surface area contributed by atoms with Gasteiger partial charge in [0.25, 0.3) is 0 Å². The Morgan fingerprint density at radius 2 is 1.62 bits per heavy atom. The summed E-state index contributed by atoms with van der Waals surface area (Å²) < 4.78 is 25.5. The second-order valence-electron chi connectivity index (χ2n) is 5.30. The summed E-state index contributed by atoms with van der Waals surface area (Å²) in [4.78, 5) is 0.366. The normalized spacial score (nSPS) is 24.8. The van der Waals surface area contributed by atoms with Crippen molar-refractivity contribution in [3.63, 3.8) is 0 Å². The average molecular weight is 322 g/mol. The van der Waals surface area contributed by atoms with Gasteiger partial charge in [-0.15, -0.1) is 0 Å². The Morgan fingerprint density at radius 1 is 1.00 bits per heavy atom. The number of benzene rings is 2. The van der Waals surface area contributed by atoms with Crippen molar-refractivity contribution in [1.82, 2.24) is 0 Å². The SMILES string of the molecule is NC[C@@H]1[C@@H](c2ccc(Cl)cc2)[C@@H]1S(=O)(=O)c1ccccc1. The Labute approximate surface area is 129 Å². The van der Waals surface area contributed by atoms with E-state index in [2.05, 4.69) is 0 Å². The van der Waals surface area contributed by atoms with Gasteiger partial charge in [0.2, 0.25) is 0 Å². The molecule has 1 saturated carbocycles. The Balaban J connectivity index is 1.94. The second-order valence-corrected chi connectivity index (χ2v) is 7.84. The molecule has 0 unspecified atom stereocenters. The van der Waals surface area contributed by atoms with Crippen molar-refractivity contribution in [3.05, 3.63) is 65.2 Å². The number of halogens is 1. The lowest BCUT2D eigenvalue weighted by Crippen LogP contribution is -2.13. The summed E-state index contributed by atoms with van der Waals surface area (Å²) in [6.07, 6.45) is 0. The molecule has 1 aliphatic rings. The maximum absolute atomic E-state index is 12.7. The van der Waals surface area contributed by atoms with Gasteiger partial charge in [-0.2, -0.15) is 0 Å². The Bertz CT molecular complexity index is 729. The molecule has 3 atom stereocenters. The maximum atomic E-state index is 12.7. The fourth-order valence-electron chi connectivity index (χ4n) is 2.94. The van der Waals surface area contributed by atoms with Gasteiger partial charge < -0.3 is 5.73 Å². The van der Waals surface area contributed by atoms with Crippen LogP contribution in [0.3, 0.4) is 0 Å². The molecule has 0 saturated heterocycles. The summed E-state index contributed by atoms with van der Waals surface area (Å²) >= 11 is 5.89. The quantitative estimate of drug-likeness (QED) is 0.942. The van der Waals surface area contributed by atoms with Crippen molar-refractivity contribution in [1.29, 1.82) is 0 Å². The molecule has 1 aliphatic carbocycles. The molecule has 3 nitrogen and oxygen atoms in total. The van der Waals surface area contributed by atoms with Crippen molar-refractivity contribution in [3.8, 4) is 0 Å². The van der Waals surface area contributed by atoms with Crippen LogP contribution >= 0.6 is 11.6 Å². The lowest BCUT2D eigenvalue weighted by Gasteiger charge is -2.04. The van der Waals surface area contributed by atoms with E-state index in [1.807, 2.05) is 18.2 Å². The number of sulfone groups is 1. The molecule has 0 bridgehead atoms. The first-order chi connectivity index (χ1) is 10.1. The predicted octanol–water partition coefficient (Wildman–Crippen LogP) is 2.85. The van der Waals surface area contributed by atoms with Crippen LogP contribution in [0.25, 0.3) is 0 Å². The molecular formula is C16H16ClNO2S. The smallest absolute Gasteiger partial charge is 0.182 e. The highest BCUT2D eigenvalue weighted by molar-refractivity contribution is 7.92. The molecule has 21 heavy (non-hydrogen) atoms. The van der Waals surface area contributed by atoms with E-state index in [1.54, 1.807) is 36.4 Å². The van der Waals surface area contributed by atoms with E-state index in [0.29, 0.717) is 16.5 Å². The van der Waals surface area contributed by atoms with Crippen molar-refractivity contribution < 1.29 is 8.42 Å². The van der Waals surface area contributed by atoms with E-state index < -0.39 is 15.1 Å². The van der Waals surface area contributed by atoms with Crippen LogP contribution in [0.1, 0.15) is 11.5 Å².